The Morgan fingerprint density at radius 1 is 1.65 bits per heavy atom. The number of nitro groups is 1. The molecule has 0 saturated heterocycles. The van der Waals surface area contributed by atoms with Gasteiger partial charge in [0.15, 0.2) is 5.02 Å². The third-order valence-electron chi connectivity index (χ3n) is 2.28. The van der Waals surface area contributed by atoms with E-state index < -0.39 is 4.92 Å². The normalized spacial score (nSPS) is 10.7. The minimum Gasteiger partial charge on any atom is -0.358 e. The Morgan fingerprint density at radius 3 is 2.94 bits per heavy atom. The van der Waals surface area contributed by atoms with Crippen LogP contribution < -0.4 is 0 Å². The topological polar surface area (TPSA) is 73.8 Å². The van der Waals surface area contributed by atoms with Gasteiger partial charge >= 0.3 is 5.82 Å². The third-order valence-corrected chi connectivity index (χ3v) is 3.55. The molecule has 90 valence electrons. The molecule has 2 aromatic rings. The van der Waals surface area contributed by atoms with Crippen LogP contribution in [-0.4, -0.2) is 19.7 Å². The molecule has 0 aliphatic carbocycles. The van der Waals surface area contributed by atoms with Gasteiger partial charge in [-0.1, -0.05) is 11.6 Å². The van der Waals surface area contributed by atoms with Crippen LogP contribution in [0.1, 0.15) is 10.6 Å². The first-order chi connectivity index (χ1) is 8.08. The van der Waals surface area contributed by atoms with E-state index in [0.29, 0.717) is 6.54 Å². The van der Waals surface area contributed by atoms with Gasteiger partial charge in [-0.05, 0) is 11.8 Å². The molecule has 2 heterocycles. The fourth-order valence-corrected chi connectivity index (χ4v) is 2.40. The van der Waals surface area contributed by atoms with Crippen LogP contribution in [-0.2, 0) is 13.0 Å². The molecule has 0 bridgehead atoms. The number of aromatic nitrogens is 3. The molecule has 2 aromatic heterocycles. The van der Waals surface area contributed by atoms with Crippen LogP contribution in [0.3, 0.4) is 0 Å². The van der Waals surface area contributed by atoms with Gasteiger partial charge in [0.25, 0.3) is 0 Å². The Kier molecular flexibility index (Phi) is 3.39. The lowest BCUT2D eigenvalue weighted by molar-refractivity contribution is -0.389. The van der Waals surface area contributed by atoms with Crippen LogP contribution >= 0.6 is 22.9 Å². The minimum absolute atomic E-state index is 0.0658. The maximum absolute atomic E-state index is 10.6. The third kappa shape index (κ3) is 2.62. The van der Waals surface area contributed by atoms with Crippen molar-refractivity contribution in [3.05, 3.63) is 37.4 Å². The van der Waals surface area contributed by atoms with Gasteiger partial charge in [0.1, 0.15) is 0 Å². The van der Waals surface area contributed by atoms with Crippen molar-refractivity contribution in [1.82, 2.24) is 14.8 Å². The summed E-state index contributed by atoms with van der Waals surface area (Å²) in [6.07, 6.45) is 2.21. The number of halogens is 1. The van der Waals surface area contributed by atoms with Crippen molar-refractivity contribution in [2.45, 2.75) is 19.9 Å². The van der Waals surface area contributed by atoms with E-state index in [4.69, 9.17) is 11.6 Å². The maximum atomic E-state index is 10.6. The van der Waals surface area contributed by atoms with E-state index in [-0.39, 0.29) is 10.8 Å². The number of hydrogen-bond donors (Lipinski definition) is 0. The molecule has 0 atom stereocenters. The summed E-state index contributed by atoms with van der Waals surface area (Å²) in [5.41, 5.74) is 2.77. The quantitative estimate of drug-likeness (QED) is 0.633. The van der Waals surface area contributed by atoms with Gasteiger partial charge in [0.2, 0.25) is 0 Å². The number of rotatable bonds is 4. The average molecular weight is 273 g/mol. The second kappa shape index (κ2) is 4.80. The Balaban J connectivity index is 2.07. The molecular formula is C9H9ClN4O2S. The van der Waals surface area contributed by atoms with E-state index in [9.17, 15) is 10.1 Å². The van der Waals surface area contributed by atoms with Gasteiger partial charge in [-0.2, -0.15) is 4.68 Å². The molecule has 8 heteroatoms. The number of nitrogens with zero attached hydrogens (tertiary/aromatic N) is 4. The van der Waals surface area contributed by atoms with Gasteiger partial charge in [-0.3, -0.25) is 0 Å². The van der Waals surface area contributed by atoms with Gasteiger partial charge in [-0.15, -0.1) is 11.3 Å². The maximum Gasteiger partial charge on any atom is 0.408 e. The van der Waals surface area contributed by atoms with E-state index in [0.717, 1.165) is 17.0 Å². The Morgan fingerprint density at radius 2 is 2.41 bits per heavy atom. The van der Waals surface area contributed by atoms with Crippen LogP contribution in [0.2, 0.25) is 5.02 Å². The Labute approximate surface area is 106 Å². The zero-order valence-electron chi connectivity index (χ0n) is 8.96. The van der Waals surface area contributed by atoms with Gasteiger partial charge in [0, 0.05) is 11.3 Å². The molecule has 0 aromatic carbocycles. The molecule has 6 nitrogen and oxygen atoms in total. The van der Waals surface area contributed by atoms with Crippen LogP contribution in [0.4, 0.5) is 5.82 Å². The number of thiazole rings is 1. The molecule has 2 rings (SSSR count). The average Bonchev–Trinajstić information content (AvgIpc) is 2.82. The zero-order chi connectivity index (χ0) is 12.4. The van der Waals surface area contributed by atoms with Crippen molar-refractivity contribution in [3.63, 3.8) is 0 Å². The molecule has 0 amide bonds. The van der Waals surface area contributed by atoms with Crippen molar-refractivity contribution in [2.24, 2.45) is 0 Å². The first kappa shape index (κ1) is 12.0. The van der Waals surface area contributed by atoms with Crippen molar-refractivity contribution < 1.29 is 4.92 Å². The second-order valence-electron chi connectivity index (χ2n) is 3.43. The van der Waals surface area contributed by atoms with E-state index in [1.54, 1.807) is 16.8 Å². The summed E-state index contributed by atoms with van der Waals surface area (Å²) in [5, 5.41) is 14.4. The van der Waals surface area contributed by atoms with Crippen LogP contribution in [0.15, 0.2) is 11.7 Å². The SMILES string of the molecule is Cc1ncsc1CCn1cc(Cl)c([N+](=O)[O-])n1. The molecule has 0 spiro atoms. The van der Waals surface area contributed by atoms with Crippen molar-refractivity contribution >= 4 is 28.8 Å². The molecule has 0 fully saturated rings. The highest BCUT2D eigenvalue weighted by Crippen LogP contribution is 2.22. The summed E-state index contributed by atoms with van der Waals surface area (Å²) < 4.78 is 1.49. The fraction of sp³-hybridized carbons (Fsp3) is 0.333. The van der Waals surface area contributed by atoms with Crippen LogP contribution in [0, 0.1) is 17.0 Å². The minimum atomic E-state index is -0.587. The summed E-state index contributed by atoms with van der Waals surface area (Å²) >= 11 is 7.26. The first-order valence-electron chi connectivity index (χ1n) is 4.84. The van der Waals surface area contributed by atoms with E-state index >= 15 is 0 Å². The predicted octanol–water partition coefficient (Wildman–Crippen LogP) is 2.45. The highest BCUT2D eigenvalue weighted by molar-refractivity contribution is 7.09. The highest BCUT2D eigenvalue weighted by Gasteiger charge is 2.18. The Hall–Kier alpha value is -1.47. The lowest BCUT2D eigenvalue weighted by Crippen LogP contribution is -2.02. The standard InChI is InChI=1S/C9H9ClN4O2S/c1-6-8(17-5-11-6)2-3-13-4-7(10)9(12-13)14(15)16/h4-5H,2-3H2,1H3. The van der Waals surface area contributed by atoms with Crippen molar-refractivity contribution in [2.75, 3.05) is 0 Å². The Bertz CT molecular complexity index is 551. The number of hydrogen-bond acceptors (Lipinski definition) is 5. The zero-order valence-corrected chi connectivity index (χ0v) is 10.5. The summed E-state index contributed by atoms with van der Waals surface area (Å²) in [4.78, 5) is 15.3. The van der Waals surface area contributed by atoms with Gasteiger partial charge in [0.05, 0.1) is 29.0 Å². The molecule has 0 unspecified atom stereocenters. The largest absolute Gasteiger partial charge is 0.408 e. The highest BCUT2D eigenvalue weighted by atomic mass is 35.5. The molecule has 0 aliphatic heterocycles. The van der Waals surface area contributed by atoms with E-state index in [1.807, 2.05) is 6.92 Å². The lowest BCUT2D eigenvalue weighted by atomic mass is 10.3. The molecule has 0 radical (unpaired) electrons. The molecule has 17 heavy (non-hydrogen) atoms. The van der Waals surface area contributed by atoms with E-state index in [1.165, 1.54) is 10.9 Å². The van der Waals surface area contributed by atoms with Crippen LogP contribution in [0.25, 0.3) is 0 Å². The lowest BCUT2D eigenvalue weighted by Gasteiger charge is -1.96. The van der Waals surface area contributed by atoms with Crippen LogP contribution in [0.5, 0.6) is 0 Å². The smallest absolute Gasteiger partial charge is 0.358 e. The summed E-state index contributed by atoms with van der Waals surface area (Å²) in [7, 11) is 0. The van der Waals surface area contributed by atoms with Gasteiger partial charge in [-0.25, -0.2) is 4.98 Å². The molecule has 0 saturated carbocycles. The van der Waals surface area contributed by atoms with Crippen molar-refractivity contribution in [1.29, 1.82) is 0 Å². The summed E-state index contributed by atoms with van der Waals surface area (Å²) in [5.74, 6) is -0.298. The molecule has 0 aliphatic rings. The first-order valence-corrected chi connectivity index (χ1v) is 6.10. The van der Waals surface area contributed by atoms with Crippen molar-refractivity contribution in [3.8, 4) is 0 Å². The summed E-state index contributed by atoms with van der Waals surface area (Å²) in [6, 6.07) is 0. The summed E-state index contributed by atoms with van der Waals surface area (Å²) in [6.45, 7) is 2.49. The monoisotopic (exact) mass is 272 g/mol. The number of aryl methyl sites for hydroxylation is 3. The molecule has 0 N–H and O–H groups in total. The fourth-order valence-electron chi connectivity index (χ4n) is 1.41. The van der Waals surface area contributed by atoms with E-state index in [2.05, 4.69) is 10.1 Å². The molecular weight excluding hydrogens is 264 g/mol. The van der Waals surface area contributed by atoms with Gasteiger partial charge < -0.3 is 10.1 Å². The predicted molar refractivity (Wildman–Crippen MR) is 64.4 cm³/mol. The second-order valence-corrected chi connectivity index (χ2v) is 4.78.